The molecule has 0 aliphatic heterocycles. The van der Waals surface area contributed by atoms with Crippen molar-refractivity contribution in [3.63, 3.8) is 0 Å². The monoisotopic (exact) mass is 354 g/mol. The largest absolute Gasteiger partial charge is 0.291 e. The van der Waals surface area contributed by atoms with E-state index in [2.05, 4.69) is 31.2 Å². The Labute approximate surface area is 156 Å². The average Bonchev–Trinajstić information content (AvgIpc) is 2.63. The number of unbranched alkanes of at least 4 members (excludes halogenated alkanes) is 1. The zero-order valence-corrected chi connectivity index (χ0v) is 15.4. The number of allylic oxidation sites excluding steroid dienone is 13. The Morgan fingerprint density at radius 2 is 1.54 bits per heavy atom. The van der Waals surface area contributed by atoms with E-state index in [-0.39, 0.29) is 12.1 Å². The van der Waals surface area contributed by atoms with E-state index in [0.29, 0.717) is 12.8 Å². The van der Waals surface area contributed by atoms with Crippen LogP contribution < -0.4 is 0 Å². The van der Waals surface area contributed by atoms with Crippen LogP contribution in [-0.2, 0) is 4.79 Å². The van der Waals surface area contributed by atoms with Gasteiger partial charge in [0.1, 0.15) is 0 Å². The summed E-state index contributed by atoms with van der Waals surface area (Å²) in [6.45, 7) is 2.12. The topological polar surface area (TPSA) is 60.2 Å². The smallest absolute Gasteiger partial charge is 0.249 e. The number of hydrogen-bond acceptors (Lipinski definition) is 3. The highest BCUT2D eigenvalue weighted by molar-refractivity contribution is 5.50. The van der Waals surface area contributed by atoms with Crippen LogP contribution in [-0.4, -0.2) is 11.2 Å². The number of carbonyl (C=O) groups excluding carboxylic acids is 1. The molecular formula is C22H28NO3. The van der Waals surface area contributed by atoms with Gasteiger partial charge in [0.25, 0.3) is 0 Å². The third-order valence-corrected chi connectivity index (χ3v) is 3.12. The van der Waals surface area contributed by atoms with Crippen LogP contribution in [0.15, 0.2) is 84.7 Å². The second kappa shape index (κ2) is 18.6. The molecule has 4 nitrogen and oxygen atoms in total. The summed E-state index contributed by atoms with van der Waals surface area (Å²) in [5.41, 5.74) is 0.110. The Morgan fingerprint density at radius 1 is 0.885 bits per heavy atom. The lowest BCUT2D eigenvalue weighted by molar-refractivity contribution is -0.426. The lowest BCUT2D eigenvalue weighted by Crippen LogP contribution is -1.96. The van der Waals surface area contributed by atoms with Crippen LogP contribution >= 0.6 is 0 Å². The molecule has 0 atom stereocenters. The van der Waals surface area contributed by atoms with Crippen LogP contribution in [0.3, 0.4) is 0 Å². The number of hydrogen-bond donors (Lipinski definition) is 0. The molecule has 0 rings (SSSR count). The maximum atomic E-state index is 10.9. The minimum absolute atomic E-state index is 0.110. The predicted octanol–water partition coefficient (Wildman–Crippen LogP) is 5.95. The van der Waals surface area contributed by atoms with Crippen molar-refractivity contribution in [2.75, 3.05) is 0 Å². The van der Waals surface area contributed by atoms with Crippen molar-refractivity contribution >= 4 is 6.29 Å². The highest BCUT2D eigenvalue weighted by Gasteiger charge is 2.05. The molecule has 0 heterocycles. The second-order valence-corrected chi connectivity index (χ2v) is 5.29. The Balaban J connectivity index is 4.19. The van der Waals surface area contributed by atoms with Gasteiger partial charge in [0, 0.05) is 12.5 Å². The first-order chi connectivity index (χ1) is 12.7. The maximum Gasteiger partial charge on any atom is 0.249 e. The quantitative estimate of drug-likeness (QED) is 0.127. The molecule has 0 aromatic heterocycles. The van der Waals surface area contributed by atoms with Gasteiger partial charge in [-0.15, -0.1) is 0 Å². The van der Waals surface area contributed by atoms with Crippen molar-refractivity contribution in [1.29, 1.82) is 0 Å². The molecule has 0 aliphatic carbocycles. The minimum atomic E-state index is -0.397. The first kappa shape index (κ1) is 23.2. The van der Waals surface area contributed by atoms with Crippen molar-refractivity contribution in [3.8, 4) is 0 Å². The van der Waals surface area contributed by atoms with E-state index in [4.69, 9.17) is 0 Å². The Morgan fingerprint density at radius 3 is 2.23 bits per heavy atom. The van der Waals surface area contributed by atoms with E-state index in [9.17, 15) is 14.9 Å². The lowest BCUT2D eigenvalue weighted by atomic mass is 10.2. The number of rotatable bonds is 14. The van der Waals surface area contributed by atoms with Gasteiger partial charge in [-0.05, 0) is 25.7 Å². The predicted molar refractivity (Wildman–Crippen MR) is 109 cm³/mol. The molecule has 0 fully saturated rings. The van der Waals surface area contributed by atoms with Crippen LogP contribution in [0.25, 0.3) is 0 Å². The summed E-state index contributed by atoms with van der Waals surface area (Å²) in [6.07, 6.45) is 30.4. The van der Waals surface area contributed by atoms with Crippen molar-refractivity contribution in [2.24, 2.45) is 0 Å². The number of nitrogens with zero attached hydrogens (tertiary/aromatic N) is 1. The van der Waals surface area contributed by atoms with Crippen molar-refractivity contribution < 1.29 is 9.72 Å². The Hall–Kier alpha value is -2.75. The molecule has 0 unspecified atom stereocenters. The van der Waals surface area contributed by atoms with Crippen LogP contribution in [0.2, 0.25) is 0 Å². The third-order valence-electron chi connectivity index (χ3n) is 3.12. The van der Waals surface area contributed by atoms with Crippen molar-refractivity contribution in [2.45, 2.75) is 45.4 Å². The van der Waals surface area contributed by atoms with Gasteiger partial charge in [0.15, 0.2) is 6.29 Å². The second-order valence-electron chi connectivity index (χ2n) is 5.29. The highest BCUT2D eigenvalue weighted by Crippen LogP contribution is 2.05. The van der Waals surface area contributed by atoms with E-state index in [1.807, 2.05) is 24.3 Å². The molecule has 0 saturated heterocycles. The van der Waals surface area contributed by atoms with E-state index in [1.165, 1.54) is 6.08 Å². The Bertz CT molecular complexity index is 591. The van der Waals surface area contributed by atoms with E-state index >= 15 is 0 Å². The normalized spacial score (nSPS) is 13.5. The van der Waals surface area contributed by atoms with E-state index in [0.717, 1.165) is 19.3 Å². The molecule has 0 N–H and O–H groups in total. The van der Waals surface area contributed by atoms with Crippen LogP contribution in [0, 0.1) is 10.1 Å². The molecule has 0 spiro atoms. The maximum absolute atomic E-state index is 10.9. The zero-order chi connectivity index (χ0) is 19.3. The fourth-order valence-corrected chi connectivity index (χ4v) is 1.80. The zero-order valence-electron chi connectivity index (χ0n) is 15.4. The molecule has 0 aromatic carbocycles. The summed E-state index contributed by atoms with van der Waals surface area (Å²) >= 11 is 0. The van der Waals surface area contributed by atoms with Gasteiger partial charge in [-0.3, -0.25) is 14.9 Å². The van der Waals surface area contributed by atoms with Gasteiger partial charge in [-0.25, -0.2) is 0 Å². The lowest BCUT2D eigenvalue weighted by Gasteiger charge is -1.92. The SMILES string of the molecule is CC/C=C\C/C=C\C\C=C/C=C\C=C/C=C(\C/C=C\CC[C]=O)[N+](=O)[O-]. The summed E-state index contributed by atoms with van der Waals surface area (Å²) in [4.78, 5) is 20.6. The first-order valence-electron chi connectivity index (χ1n) is 8.85. The summed E-state index contributed by atoms with van der Waals surface area (Å²) in [7, 11) is 0. The molecule has 139 valence electrons. The molecule has 4 heteroatoms. The summed E-state index contributed by atoms with van der Waals surface area (Å²) < 4.78 is 0. The average molecular weight is 354 g/mol. The summed E-state index contributed by atoms with van der Waals surface area (Å²) in [5, 5.41) is 10.9. The molecule has 0 aliphatic rings. The van der Waals surface area contributed by atoms with Gasteiger partial charge in [0.2, 0.25) is 5.70 Å². The molecule has 0 bridgehead atoms. The van der Waals surface area contributed by atoms with Crippen molar-refractivity contribution in [3.05, 3.63) is 94.8 Å². The first-order valence-corrected chi connectivity index (χ1v) is 8.85. The standard InChI is InChI=1S/C22H28NO3/c1-2-3-4-5-6-7-8-9-10-11-12-13-16-19-22(23(25)26)20-17-14-15-18-21-24/h3-4,6-7,9-14,16-17,19H,2,5,8,15,18,20H2,1H3/b4-3-,7-6-,10-9-,12-11-,16-13-,17-14-,22-19+. The summed E-state index contributed by atoms with van der Waals surface area (Å²) in [5.74, 6) is 0. The molecule has 1 radical (unpaired) electrons. The fraction of sp³-hybridized carbons (Fsp3) is 0.318. The van der Waals surface area contributed by atoms with Crippen LogP contribution in [0.1, 0.15) is 45.4 Å². The minimum Gasteiger partial charge on any atom is -0.291 e. The number of nitro groups is 1. The third kappa shape index (κ3) is 16.1. The van der Waals surface area contributed by atoms with Crippen molar-refractivity contribution in [1.82, 2.24) is 0 Å². The molecular weight excluding hydrogens is 326 g/mol. The summed E-state index contributed by atoms with van der Waals surface area (Å²) in [6, 6.07) is 0. The molecule has 0 saturated carbocycles. The Kier molecular flexibility index (Phi) is 16.6. The van der Waals surface area contributed by atoms with Gasteiger partial charge in [-0.2, -0.15) is 0 Å². The van der Waals surface area contributed by atoms with Crippen LogP contribution in [0.4, 0.5) is 0 Å². The fourth-order valence-electron chi connectivity index (χ4n) is 1.80. The van der Waals surface area contributed by atoms with Gasteiger partial charge < -0.3 is 0 Å². The van der Waals surface area contributed by atoms with E-state index in [1.54, 1.807) is 30.6 Å². The molecule has 0 amide bonds. The van der Waals surface area contributed by atoms with Crippen LogP contribution in [0.5, 0.6) is 0 Å². The van der Waals surface area contributed by atoms with Gasteiger partial charge in [-0.1, -0.05) is 79.8 Å². The molecule has 26 heavy (non-hydrogen) atoms. The van der Waals surface area contributed by atoms with Gasteiger partial charge in [0.05, 0.1) is 11.3 Å². The molecule has 0 aromatic rings. The van der Waals surface area contributed by atoms with Gasteiger partial charge >= 0.3 is 0 Å². The van der Waals surface area contributed by atoms with E-state index < -0.39 is 4.92 Å². The highest BCUT2D eigenvalue weighted by atomic mass is 16.6.